The Bertz CT molecular complexity index is 921. The van der Waals surface area contributed by atoms with Crippen LogP contribution in [0.3, 0.4) is 0 Å². The van der Waals surface area contributed by atoms with E-state index in [1.807, 2.05) is 78.9 Å². The first-order valence-corrected chi connectivity index (χ1v) is 9.43. The van der Waals surface area contributed by atoms with Crippen LogP contribution < -0.4 is 15.8 Å². The Balaban J connectivity index is 1.35. The first-order valence-electron chi connectivity index (χ1n) is 9.43. The van der Waals surface area contributed by atoms with Crippen molar-refractivity contribution < 1.29 is 14.3 Å². The molecule has 29 heavy (non-hydrogen) atoms. The predicted molar refractivity (Wildman–Crippen MR) is 116 cm³/mol. The monoisotopic (exact) mass is 388 g/mol. The number of ether oxygens (including phenoxy) is 2. The van der Waals surface area contributed by atoms with Gasteiger partial charge in [0.05, 0.1) is 0 Å². The van der Waals surface area contributed by atoms with E-state index in [2.05, 4.69) is 5.32 Å². The summed E-state index contributed by atoms with van der Waals surface area (Å²) in [6, 6.07) is 24.6. The number of nitrogen functional groups attached to an aromatic ring is 1. The lowest BCUT2D eigenvalue weighted by atomic mass is 10.2. The van der Waals surface area contributed by atoms with Crippen LogP contribution in [0.25, 0.3) is 6.08 Å². The van der Waals surface area contributed by atoms with Crippen LogP contribution >= 0.6 is 0 Å². The van der Waals surface area contributed by atoms with Crippen molar-refractivity contribution in [1.29, 1.82) is 0 Å². The van der Waals surface area contributed by atoms with Gasteiger partial charge in [-0.1, -0.05) is 54.6 Å². The van der Waals surface area contributed by atoms with Crippen molar-refractivity contribution in [2.75, 3.05) is 12.3 Å². The van der Waals surface area contributed by atoms with Crippen molar-refractivity contribution in [2.24, 2.45) is 0 Å². The highest BCUT2D eigenvalue weighted by Crippen LogP contribution is 2.22. The summed E-state index contributed by atoms with van der Waals surface area (Å²) in [6.45, 7) is 0.787. The van der Waals surface area contributed by atoms with Gasteiger partial charge in [-0.05, 0) is 53.9 Å². The maximum Gasteiger partial charge on any atom is 0.407 e. The number of hydrogen-bond acceptors (Lipinski definition) is 4. The fourth-order valence-corrected chi connectivity index (χ4v) is 2.57. The molecular weight excluding hydrogens is 364 g/mol. The Morgan fingerprint density at radius 1 is 0.897 bits per heavy atom. The molecule has 0 radical (unpaired) electrons. The Kier molecular flexibility index (Phi) is 7.29. The molecule has 0 unspecified atom stereocenters. The normalized spacial score (nSPS) is 10.6. The quantitative estimate of drug-likeness (QED) is 0.401. The van der Waals surface area contributed by atoms with Gasteiger partial charge in [0, 0.05) is 12.2 Å². The lowest BCUT2D eigenvalue weighted by molar-refractivity contribution is 0.140. The second-order valence-corrected chi connectivity index (χ2v) is 6.42. The summed E-state index contributed by atoms with van der Waals surface area (Å²) < 4.78 is 10.9. The van der Waals surface area contributed by atoms with E-state index in [0.717, 1.165) is 22.6 Å². The van der Waals surface area contributed by atoms with Gasteiger partial charge in [-0.3, -0.25) is 0 Å². The summed E-state index contributed by atoms with van der Waals surface area (Å²) in [4.78, 5) is 11.7. The Labute approximate surface area is 170 Å². The zero-order chi connectivity index (χ0) is 20.3. The van der Waals surface area contributed by atoms with Crippen LogP contribution in [-0.2, 0) is 11.3 Å². The van der Waals surface area contributed by atoms with Crippen LogP contribution in [0.5, 0.6) is 11.5 Å². The summed E-state index contributed by atoms with van der Waals surface area (Å²) >= 11 is 0. The zero-order valence-corrected chi connectivity index (χ0v) is 16.1. The van der Waals surface area contributed by atoms with Gasteiger partial charge in [-0.15, -0.1) is 0 Å². The molecule has 5 nitrogen and oxygen atoms in total. The van der Waals surface area contributed by atoms with E-state index in [1.54, 1.807) is 12.1 Å². The van der Waals surface area contributed by atoms with E-state index in [9.17, 15) is 4.79 Å². The third kappa shape index (κ3) is 7.07. The zero-order valence-electron chi connectivity index (χ0n) is 16.1. The minimum Gasteiger partial charge on any atom is -0.457 e. The van der Waals surface area contributed by atoms with E-state index in [1.165, 1.54) is 0 Å². The van der Waals surface area contributed by atoms with Crippen LogP contribution in [-0.4, -0.2) is 12.6 Å². The highest BCUT2D eigenvalue weighted by molar-refractivity contribution is 5.67. The van der Waals surface area contributed by atoms with Gasteiger partial charge in [0.1, 0.15) is 18.1 Å². The summed E-state index contributed by atoms with van der Waals surface area (Å²) in [5.74, 6) is 1.50. The van der Waals surface area contributed by atoms with Crippen molar-refractivity contribution in [1.82, 2.24) is 5.32 Å². The first-order chi connectivity index (χ1) is 14.2. The third-order valence-corrected chi connectivity index (χ3v) is 4.10. The van der Waals surface area contributed by atoms with Gasteiger partial charge in [0.25, 0.3) is 0 Å². The Morgan fingerprint density at radius 2 is 1.55 bits per heavy atom. The molecule has 3 rings (SSSR count). The van der Waals surface area contributed by atoms with Crippen LogP contribution in [0.15, 0.2) is 84.9 Å². The number of carbonyl (C=O) groups is 1. The highest BCUT2D eigenvalue weighted by Gasteiger charge is 2.01. The van der Waals surface area contributed by atoms with Crippen molar-refractivity contribution >= 4 is 17.9 Å². The molecule has 148 valence electrons. The molecule has 0 saturated heterocycles. The van der Waals surface area contributed by atoms with Crippen LogP contribution in [0.1, 0.15) is 17.5 Å². The molecule has 0 bridgehead atoms. The van der Waals surface area contributed by atoms with E-state index in [-0.39, 0.29) is 6.61 Å². The molecule has 0 aromatic heterocycles. The second kappa shape index (κ2) is 10.6. The van der Waals surface area contributed by atoms with Crippen molar-refractivity contribution in [3.05, 3.63) is 96.1 Å². The maximum absolute atomic E-state index is 11.7. The molecular formula is C24H24N2O3. The van der Waals surface area contributed by atoms with Gasteiger partial charge in [-0.2, -0.15) is 0 Å². The van der Waals surface area contributed by atoms with Crippen LogP contribution in [0.4, 0.5) is 10.5 Å². The number of alkyl carbamates (subject to hydrolysis) is 1. The molecule has 0 aliphatic rings. The lowest BCUT2D eigenvalue weighted by Crippen LogP contribution is -2.24. The number of nitrogens with one attached hydrogen (secondary N) is 1. The average molecular weight is 388 g/mol. The average Bonchev–Trinajstić information content (AvgIpc) is 2.75. The van der Waals surface area contributed by atoms with Gasteiger partial charge in [-0.25, -0.2) is 4.79 Å². The first kappa shape index (κ1) is 20.0. The summed E-state index contributed by atoms with van der Waals surface area (Å²) in [5.41, 5.74) is 8.40. The molecule has 3 N–H and O–H groups in total. The predicted octanol–water partition coefficient (Wildman–Crippen LogP) is 5.39. The fourth-order valence-electron chi connectivity index (χ4n) is 2.57. The molecule has 0 aliphatic heterocycles. The molecule has 3 aromatic rings. The summed E-state index contributed by atoms with van der Waals surface area (Å²) in [7, 11) is 0. The molecule has 1 amide bonds. The molecule has 0 saturated carbocycles. The van der Waals surface area contributed by atoms with Gasteiger partial charge in [0.2, 0.25) is 0 Å². The second-order valence-electron chi connectivity index (χ2n) is 6.42. The third-order valence-electron chi connectivity index (χ3n) is 4.10. The summed E-state index contributed by atoms with van der Waals surface area (Å²) in [5, 5.41) is 2.74. The minimum atomic E-state index is -0.411. The summed E-state index contributed by atoms with van der Waals surface area (Å²) in [6.07, 6.45) is 4.31. The number of nitrogens with two attached hydrogens (primary N) is 1. The molecule has 0 atom stereocenters. The number of hydrogen-bond donors (Lipinski definition) is 2. The molecule has 5 heteroatoms. The van der Waals surface area contributed by atoms with Gasteiger partial charge in [0.15, 0.2) is 0 Å². The standard InChI is InChI=1S/C24H24N2O3/c25-21-11-15-23(16-12-21)29-22-13-9-19(10-14-22)6-4-5-17-26-24(27)28-18-20-7-2-1-3-8-20/h1-4,6-16H,5,17-18,25H2,(H,26,27). The number of amides is 1. The maximum atomic E-state index is 11.7. The van der Waals surface area contributed by atoms with E-state index >= 15 is 0 Å². The van der Waals surface area contributed by atoms with Crippen LogP contribution in [0, 0.1) is 0 Å². The minimum absolute atomic E-state index is 0.271. The number of rotatable bonds is 8. The van der Waals surface area contributed by atoms with E-state index < -0.39 is 6.09 Å². The van der Waals surface area contributed by atoms with Crippen LogP contribution in [0.2, 0.25) is 0 Å². The number of benzene rings is 3. The number of anilines is 1. The fraction of sp³-hybridized carbons (Fsp3) is 0.125. The molecule has 0 heterocycles. The molecule has 0 spiro atoms. The van der Waals surface area contributed by atoms with E-state index in [0.29, 0.717) is 18.7 Å². The SMILES string of the molecule is Nc1ccc(Oc2ccc(C=CCCNC(=O)OCc3ccccc3)cc2)cc1. The van der Waals surface area contributed by atoms with Crippen molar-refractivity contribution in [2.45, 2.75) is 13.0 Å². The largest absolute Gasteiger partial charge is 0.457 e. The van der Waals surface area contributed by atoms with E-state index in [4.69, 9.17) is 15.2 Å². The molecule has 0 fully saturated rings. The smallest absolute Gasteiger partial charge is 0.407 e. The molecule has 0 aliphatic carbocycles. The number of carbonyl (C=O) groups excluding carboxylic acids is 1. The van der Waals surface area contributed by atoms with Crippen molar-refractivity contribution in [3.8, 4) is 11.5 Å². The van der Waals surface area contributed by atoms with Crippen molar-refractivity contribution in [3.63, 3.8) is 0 Å². The van der Waals surface area contributed by atoms with Gasteiger partial charge < -0.3 is 20.5 Å². The van der Waals surface area contributed by atoms with Gasteiger partial charge >= 0.3 is 6.09 Å². The lowest BCUT2D eigenvalue weighted by Gasteiger charge is -2.06. The molecule has 3 aromatic carbocycles. The Morgan fingerprint density at radius 3 is 2.24 bits per heavy atom. The Hall–Kier alpha value is -3.73. The highest BCUT2D eigenvalue weighted by atomic mass is 16.5. The topological polar surface area (TPSA) is 73.6 Å².